The number of hydrogen-bond donors (Lipinski definition) is 2. The van der Waals surface area contributed by atoms with Gasteiger partial charge in [-0.15, -0.1) is 0 Å². The van der Waals surface area contributed by atoms with Crippen molar-refractivity contribution >= 4 is 17.5 Å². The van der Waals surface area contributed by atoms with E-state index in [0.717, 1.165) is 12.8 Å². The number of aromatic carboxylic acids is 1. The molecule has 2 heterocycles. The molecule has 0 bridgehead atoms. The first-order chi connectivity index (χ1) is 8.50. The maximum Gasteiger partial charge on any atom is 0.338 e. The Morgan fingerprint density at radius 3 is 2.61 bits per heavy atom. The fourth-order valence-electron chi connectivity index (χ4n) is 2.74. The van der Waals surface area contributed by atoms with Crippen LogP contribution in [0.5, 0.6) is 0 Å². The molecule has 5 heteroatoms. The Bertz CT molecular complexity index is 452. The highest BCUT2D eigenvalue weighted by atomic mass is 16.4. The van der Waals surface area contributed by atoms with Crippen LogP contribution < -0.4 is 10.6 Å². The van der Waals surface area contributed by atoms with E-state index in [4.69, 9.17) is 5.73 Å². The topological polar surface area (TPSA) is 79.5 Å². The zero-order chi connectivity index (χ0) is 13.3. The normalized spacial score (nSPS) is 24.0. The van der Waals surface area contributed by atoms with E-state index in [1.165, 1.54) is 12.5 Å². The van der Waals surface area contributed by atoms with Gasteiger partial charge in [-0.25, -0.2) is 9.78 Å². The Morgan fingerprint density at radius 2 is 2.06 bits per heavy atom. The van der Waals surface area contributed by atoms with Gasteiger partial charge < -0.3 is 15.7 Å². The Hall–Kier alpha value is -1.78. The van der Waals surface area contributed by atoms with Gasteiger partial charge in [-0.2, -0.15) is 0 Å². The average Bonchev–Trinajstić information content (AvgIpc) is 2.30. The minimum absolute atomic E-state index is 0.239. The van der Waals surface area contributed by atoms with Crippen LogP contribution in [0.3, 0.4) is 0 Å². The molecule has 1 fully saturated rings. The first kappa shape index (κ1) is 12.7. The van der Waals surface area contributed by atoms with Crippen LogP contribution in [0.15, 0.2) is 12.3 Å². The monoisotopic (exact) mass is 249 g/mol. The van der Waals surface area contributed by atoms with Crippen LogP contribution in [0, 0.1) is 0 Å². The first-order valence-corrected chi connectivity index (χ1v) is 6.28. The van der Waals surface area contributed by atoms with Gasteiger partial charge in [0, 0.05) is 12.1 Å². The Kier molecular flexibility index (Phi) is 3.41. The summed E-state index contributed by atoms with van der Waals surface area (Å²) in [7, 11) is 0. The van der Waals surface area contributed by atoms with E-state index in [2.05, 4.69) is 23.7 Å². The lowest BCUT2D eigenvalue weighted by Crippen LogP contribution is -2.44. The average molecular weight is 249 g/mol. The lowest BCUT2D eigenvalue weighted by Gasteiger charge is -2.41. The van der Waals surface area contributed by atoms with Crippen molar-refractivity contribution in [3.8, 4) is 0 Å². The minimum atomic E-state index is -0.955. The number of piperidine rings is 1. The minimum Gasteiger partial charge on any atom is -0.478 e. The van der Waals surface area contributed by atoms with Gasteiger partial charge in [0.05, 0.1) is 17.4 Å². The summed E-state index contributed by atoms with van der Waals surface area (Å²) in [5.41, 5.74) is 6.49. The highest BCUT2D eigenvalue weighted by Crippen LogP contribution is 2.31. The van der Waals surface area contributed by atoms with Gasteiger partial charge >= 0.3 is 5.97 Å². The van der Waals surface area contributed by atoms with Crippen LogP contribution in [0.4, 0.5) is 11.5 Å². The fourth-order valence-corrected chi connectivity index (χ4v) is 2.74. The molecule has 0 aromatic carbocycles. The van der Waals surface area contributed by atoms with E-state index >= 15 is 0 Å². The summed E-state index contributed by atoms with van der Waals surface area (Å²) in [4.78, 5) is 17.5. The summed E-state index contributed by atoms with van der Waals surface area (Å²) in [6.07, 6.45) is 4.92. The quantitative estimate of drug-likeness (QED) is 0.839. The van der Waals surface area contributed by atoms with Crippen molar-refractivity contribution in [1.82, 2.24) is 4.98 Å². The predicted molar refractivity (Wildman–Crippen MR) is 70.9 cm³/mol. The van der Waals surface area contributed by atoms with E-state index in [1.807, 2.05) is 0 Å². The van der Waals surface area contributed by atoms with Gasteiger partial charge in [0.15, 0.2) is 0 Å². The molecule has 0 saturated carbocycles. The second-order valence-electron chi connectivity index (χ2n) is 4.97. The summed E-state index contributed by atoms with van der Waals surface area (Å²) in [5.74, 6) is -0.711. The van der Waals surface area contributed by atoms with E-state index < -0.39 is 5.97 Å². The van der Waals surface area contributed by atoms with Gasteiger partial charge in [-0.1, -0.05) is 0 Å². The van der Waals surface area contributed by atoms with Crippen LogP contribution in [-0.4, -0.2) is 28.1 Å². The van der Waals surface area contributed by atoms with Gasteiger partial charge in [-0.05, 0) is 39.2 Å². The second-order valence-corrected chi connectivity index (χ2v) is 4.97. The third kappa shape index (κ3) is 2.25. The number of nitrogens with two attached hydrogens (primary N) is 1. The van der Waals surface area contributed by atoms with Crippen LogP contribution in [0.25, 0.3) is 0 Å². The number of aromatic nitrogens is 1. The zero-order valence-electron chi connectivity index (χ0n) is 10.8. The van der Waals surface area contributed by atoms with Crippen LogP contribution in [0.2, 0.25) is 0 Å². The maximum atomic E-state index is 11.3. The number of rotatable bonds is 2. The molecule has 0 spiro atoms. The molecular formula is C13H19N3O2. The van der Waals surface area contributed by atoms with Crippen molar-refractivity contribution in [1.29, 1.82) is 0 Å². The molecule has 0 amide bonds. The number of nitrogens with zero attached hydrogens (tertiary/aromatic N) is 2. The van der Waals surface area contributed by atoms with Crippen molar-refractivity contribution in [3.63, 3.8) is 0 Å². The van der Waals surface area contributed by atoms with Gasteiger partial charge in [0.1, 0.15) is 5.82 Å². The first-order valence-electron chi connectivity index (χ1n) is 6.28. The Balaban J connectivity index is 2.45. The SMILES string of the molecule is C[C@@H]1CCC[C@H](C)N1c1cnc(N)cc1C(=O)O. The molecule has 98 valence electrons. The van der Waals surface area contributed by atoms with Gasteiger partial charge in [-0.3, -0.25) is 0 Å². The van der Waals surface area contributed by atoms with Crippen molar-refractivity contribution in [3.05, 3.63) is 17.8 Å². The molecular weight excluding hydrogens is 230 g/mol. The molecule has 1 aliphatic rings. The molecule has 1 aliphatic heterocycles. The van der Waals surface area contributed by atoms with Crippen LogP contribution >= 0.6 is 0 Å². The zero-order valence-corrected chi connectivity index (χ0v) is 10.8. The summed E-state index contributed by atoms with van der Waals surface area (Å²) in [6.45, 7) is 4.25. The molecule has 2 atom stereocenters. The molecule has 1 aromatic heterocycles. The molecule has 0 unspecified atom stereocenters. The lowest BCUT2D eigenvalue weighted by atomic mass is 9.96. The fraction of sp³-hybridized carbons (Fsp3) is 0.538. The third-order valence-corrected chi connectivity index (χ3v) is 3.61. The molecule has 0 radical (unpaired) electrons. The molecule has 0 aliphatic carbocycles. The van der Waals surface area contributed by atoms with E-state index in [1.54, 1.807) is 6.20 Å². The lowest BCUT2D eigenvalue weighted by molar-refractivity contribution is 0.0697. The Labute approximate surface area is 107 Å². The molecule has 3 N–H and O–H groups in total. The van der Waals surface area contributed by atoms with Crippen LogP contribution in [0.1, 0.15) is 43.5 Å². The molecule has 5 nitrogen and oxygen atoms in total. The molecule has 1 aromatic rings. The largest absolute Gasteiger partial charge is 0.478 e. The number of nitrogen functional groups attached to an aromatic ring is 1. The Morgan fingerprint density at radius 1 is 1.44 bits per heavy atom. The number of hydrogen-bond acceptors (Lipinski definition) is 4. The summed E-state index contributed by atoms with van der Waals surface area (Å²) in [6, 6.07) is 2.10. The van der Waals surface area contributed by atoms with Crippen molar-refractivity contribution < 1.29 is 9.90 Å². The predicted octanol–water partition coefficient (Wildman–Crippen LogP) is 2.13. The smallest absolute Gasteiger partial charge is 0.338 e. The van der Waals surface area contributed by atoms with E-state index in [9.17, 15) is 9.90 Å². The summed E-state index contributed by atoms with van der Waals surface area (Å²) < 4.78 is 0. The highest BCUT2D eigenvalue weighted by Gasteiger charge is 2.28. The number of carboxylic acids is 1. The molecule has 1 saturated heterocycles. The van der Waals surface area contributed by atoms with Crippen molar-refractivity contribution in [2.75, 3.05) is 10.6 Å². The van der Waals surface area contributed by atoms with Crippen molar-refractivity contribution in [2.24, 2.45) is 0 Å². The highest BCUT2D eigenvalue weighted by molar-refractivity contribution is 5.95. The number of anilines is 2. The van der Waals surface area contributed by atoms with E-state index in [0.29, 0.717) is 17.8 Å². The second kappa shape index (κ2) is 4.84. The molecule has 18 heavy (non-hydrogen) atoms. The third-order valence-electron chi connectivity index (χ3n) is 3.61. The standard InChI is InChI=1S/C13H19N3O2/c1-8-4-3-5-9(2)16(8)11-7-15-12(14)6-10(11)13(17)18/h6-9H,3-5H2,1-2H3,(H2,14,15)(H,17,18)/t8-,9+. The maximum absolute atomic E-state index is 11.3. The number of carboxylic acid groups (broad SMARTS) is 1. The number of carbonyl (C=O) groups is 1. The number of pyridine rings is 1. The summed E-state index contributed by atoms with van der Waals surface area (Å²) >= 11 is 0. The van der Waals surface area contributed by atoms with Crippen LogP contribution in [-0.2, 0) is 0 Å². The van der Waals surface area contributed by atoms with E-state index in [-0.39, 0.29) is 11.4 Å². The molecule has 2 rings (SSSR count). The van der Waals surface area contributed by atoms with Crippen molar-refractivity contribution in [2.45, 2.75) is 45.2 Å². The van der Waals surface area contributed by atoms with Gasteiger partial charge in [0.25, 0.3) is 0 Å². The van der Waals surface area contributed by atoms with Gasteiger partial charge in [0.2, 0.25) is 0 Å². The summed E-state index contributed by atoms with van der Waals surface area (Å²) in [5, 5.41) is 9.28.